The third-order valence-corrected chi connectivity index (χ3v) is 2.47. The zero-order chi connectivity index (χ0) is 13.3. The molecule has 0 spiro atoms. The molecule has 0 amide bonds. The Morgan fingerprint density at radius 1 is 1.47 bits per heavy atom. The van der Waals surface area contributed by atoms with Crippen molar-refractivity contribution in [3.8, 4) is 0 Å². The van der Waals surface area contributed by atoms with Gasteiger partial charge in [-0.15, -0.1) is 12.4 Å². The summed E-state index contributed by atoms with van der Waals surface area (Å²) in [6, 6.07) is 3.72. The molecule has 0 saturated carbocycles. The normalized spacial score (nSPS) is 11.2. The van der Waals surface area contributed by atoms with E-state index in [-0.39, 0.29) is 19.0 Å². The average molecular weight is 284 g/mol. The van der Waals surface area contributed by atoms with Gasteiger partial charge in [-0.1, -0.05) is 0 Å². The summed E-state index contributed by atoms with van der Waals surface area (Å²) in [5.41, 5.74) is 6.56. The zero-order valence-corrected chi connectivity index (χ0v) is 12.0. The lowest BCUT2D eigenvalue weighted by Gasteiger charge is -2.20. The van der Waals surface area contributed by atoms with Gasteiger partial charge in [0, 0.05) is 23.8 Å². The van der Waals surface area contributed by atoms with Gasteiger partial charge < -0.3 is 10.5 Å². The summed E-state index contributed by atoms with van der Waals surface area (Å²) in [6.07, 6.45) is 2.89. The minimum atomic E-state index is -0.540. The highest BCUT2D eigenvalue weighted by molar-refractivity contribution is 5.90. The molecule has 2 N–H and O–H groups in total. The molecule has 2 aromatic rings. The largest absolute Gasteiger partial charge is 0.443 e. The van der Waals surface area contributed by atoms with Gasteiger partial charge in [-0.2, -0.15) is 0 Å². The number of halogens is 1. The topological polar surface area (TPSA) is 70.1 Å². The van der Waals surface area contributed by atoms with Crippen molar-refractivity contribution in [3.05, 3.63) is 30.2 Å². The number of hydrogen-bond donors (Lipinski definition) is 1. The number of nitrogens with two attached hydrogens (primary N) is 1. The number of fused-ring (bicyclic) bond motifs is 1. The van der Waals surface area contributed by atoms with Crippen LogP contribution in [0.1, 0.15) is 26.5 Å². The maximum Gasteiger partial charge on any atom is 0.419 e. The van der Waals surface area contributed by atoms with Gasteiger partial charge in [-0.05, 0) is 32.9 Å². The number of hydrogen-bond acceptors (Lipinski definition) is 4. The number of ether oxygens (including phenoxy) is 1. The summed E-state index contributed by atoms with van der Waals surface area (Å²) < 4.78 is 6.85. The predicted molar refractivity (Wildman–Crippen MR) is 76.5 cm³/mol. The first-order chi connectivity index (χ1) is 8.42. The number of nitrogens with zero attached hydrogens (tertiary/aromatic N) is 2. The van der Waals surface area contributed by atoms with Crippen molar-refractivity contribution in [2.24, 2.45) is 5.73 Å². The lowest BCUT2D eigenvalue weighted by atomic mass is 10.2. The molecule has 0 aliphatic heterocycles. The van der Waals surface area contributed by atoms with Crippen molar-refractivity contribution in [1.29, 1.82) is 0 Å². The van der Waals surface area contributed by atoms with E-state index in [0.29, 0.717) is 11.2 Å². The Morgan fingerprint density at radius 3 is 2.74 bits per heavy atom. The van der Waals surface area contributed by atoms with E-state index in [1.165, 1.54) is 4.57 Å². The van der Waals surface area contributed by atoms with E-state index >= 15 is 0 Å². The van der Waals surface area contributed by atoms with E-state index in [0.717, 1.165) is 5.39 Å². The van der Waals surface area contributed by atoms with Crippen LogP contribution in [0.5, 0.6) is 0 Å². The SMILES string of the molecule is CC(C)(C)OC(=O)n1c(CN)cc2ccncc21.Cl. The van der Waals surface area contributed by atoms with Crippen molar-refractivity contribution >= 4 is 29.4 Å². The lowest BCUT2D eigenvalue weighted by molar-refractivity contribution is 0.0540. The van der Waals surface area contributed by atoms with Crippen LogP contribution in [0.15, 0.2) is 24.5 Å². The first-order valence-electron chi connectivity index (χ1n) is 5.80. The Balaban J connectivity index is 0.00000180. The molecule has 0 radical (unpaired) electrons. The second kappa shape index (κ2) is 5.59. The van der Waals surface area contributed by atoms with E-state index < -0.39 is 11.7 Å². The molecule has 0 bridgehead atoms. The fraction of sp³-hybridized carbons (Fsp3) is 0.385. The number of aromatic nitrogens is 2. The maximum absolute atomic E-state index is 12.2. The Labute approximate surface area is 118 Å². The standard InChI is InChI=1S/C13H17N3O2.ClH/c1-13(2,3)18-12(17)16-10(7-14)6-9-4-5-15-8-11(9)16;/h4-6,8H,7,14H2,1-3H3;1H. The molecule has 2 heterocycles. The van der Waals surface area contributed by atoms with Crippen molar-refractivity contribution in [2.45, 2.75) is 32.9 Å². The number of rotatable bonds is 1. The third kappa shape index (κ3) is 3.24. The van der Waals surface area contributed by atoms with Crippen molar-refractivity contribution in [1.82, 2.24) is 9.55 Å². The van der Waals surface area contributed by atoms with Gasteiger partial charge in [0.2, 0.25) is 0 Å². The molecule has 0 aliphatic carbocycles. The Hall–Kier alpha value is -1.59. The molecule has 2 rings (SSSR count). The van der Waals surface area contributed by atoms with E-state index in [4.69, 9.17) is 10.5 Å². The number of pyridine rings is 1. The Morgan fingerprint density at radius 2 is 2.16 bits per heavy atom. The van der Waals surface area contributed by atoms with E-state index in [1.807, 2.05) is 32.9 Å². The van der Waals surface area contributed by atoms with E-state index in [9.17, 15) is 4.79 Å². The van der Waals surface area contributed by atoms with Gasteiger partial charge >= 0.3 is 6.09 Å². The second-order valence-corrected chi connectivity index (χ2v) is 5.09. The summed E-state index contributed by atoms with van der Waals surface area (Å²) in [5, 5.41) is 0.927. The Bertz CT molecular complexity index is 587. The minimum Gasteiger partial charge on any atom is -0.443 e. The van der Waals surface area contributed by atoms with Crippen molar-refractivity contribution in [2.75, 3.05) is 0 Å². The molecule has 0 aromatic carbocycles. The fourth-order valence-electron chi connectivity index (χ4n) is 1.78. The highest BCUT2D eigenvalue weighted by Crippen LogP contribution is 2.20. The van der Waals surface area contributed by atoms with Gasteiger partial charge in [-0.25, -0.2) is 9.36 Å². The molecule has 0 fully saturated rings. The van der Waals surface area contributed by atoms with Crippen LogP contribution >= 0.6 is 12.4 Å². The van der Waals surface area contributed by atoms with Crippen LogP contribution in [0.4, 0.5) is 4.79 Å². The molecule has 5 nitrogen and oxygen atoms in total. The lowest BCUT2D eigenvalue weighted by Crippen LogP contribution is -2.28. The molecule has 6 heteroatoms. The second-order valence-electron chi connectivity index (χ2n) is 5.09. The van der Waals surface area contributed by atoms with Crippen molar-refractivity contribution < 1.29 is 9.53 Å². The minimum absolute atomic E-state index is 0. The Kier molecular flexibility index (Phi) is 4.55. The first-order valence-corrected chi connectivity index (χ1v) is 5.80. The van der Waals surface area contributed by atoms with Crippen LogP contribution < -0.4 is 5.73 Å². The molecule has 19 heavy (non-hydrogen) atoms. The zero-order valence-electron chi connectivity index (χ0n) is 11.2. The van der Waals surface area contributed by atoms with Crippen LogP contribution in [0, 0.1) is 0 Å². The summed E-state index contributed by atoms with van der Waals surface area (Å²) in [6.45, 7) is 5.76. The average Bonchev–Trinajstić information content (AvgIpc) is 2.64. The number of carbonyl (C=O) groups is 1. The molecular formula is C13H18ClN3O2. The van der Waals surface area contributed by atoms with Crippen LogP contribution in [0.2, 0.25) is 0 Å². The highest BCUT2D eigenvalue weighted by atomic mass is 35.5. The van der Waals surface area contributed by atoms with Gasteiger partial charge in [0.1, 0.15) is 5.60 Å². The summed E-state index contributed by atoms with van der Waals surface area (Å²) >= 11 is 0. The quantitative estimate of drug-likeness (QED) is 0.873. The molecule has 0 unspecified atom stereocenters. The summed E-state index contributed by atoms with van der Waals surface area (Å²) in [7, 11) is 0. The van der Waals surface area contributed by atoms with Crippen molar-refractivity contribution in [3.63, 3.8) is 0 Å². The summed E-state index contributed by atoms with van der Waals surface area (Å²) in [4.78, 5) is 16.2. The molecule has 0 saturated heterocycles. The predicted octanol–water partition coefficient (Wildman–Crippen LogP) is 2.70. The van der Waals surface area contributed by atoms with Gasteiger partial charge in [0.05, 0.1) is 11.7 Å². The molecule has 0 aliphatic rings. The molecule has 0 atom stereocenters. The smallest absolute Gasteiger partial charge is 0.419 e. The highest BCUT2D eigenvalue weighted by Gasteiger charge is 2.21. The fourth-order valence-corrected chi connectivity index (χ4v) is 1.78. The van der Waals surface area contributed by atoms with Crippen LogP contribution in [0.25, 0.3) is 10.9 Å². The monoisotopic (exact) mass is 283 g/mol. The molecular weight excluding hydrogens is 266 g/mol. The molecule has 2 aromatic heterocycles. The van der Waals surface area contributed by atoms with Crippen LogP contribution in [-0.4, -0.2) is 21.2 Å². The van der Waals surface area contributed by atoms with E-state index in [1.54, 1.807) is 12.4 Å². The van der Waals surface area contributed by atoms with Crippen LogP contribution in [0.3, 0.4) is 0 Å². The van der Waals surface area contributed by atoms with E-state index in [2.05, 4.69) is 4.98 Å². The maximum atomic E-state index is 12.2. The third-order valence-electron chi connectivity index (χ3n) is 2.47. The first kappa shape index (κ1) is 15.5. The van der Waals surface area contributed by atoms with Crippen LogP contribution in [-0.2, 0) is 11.3 Å². The van der Waals surface area contributed by atoms with Gasteiger partial charge in [0.25, 0.3) is 0 Å². The molecule has 104 valence electrons. The van der Waals surface area contributed by atoms with Gasteiger partial charge in [0.15, 0.2) is 0 Å². The summed E-state index contributed by atoms with van der Waals surface area (Å²) in [5.74, 6) is 0. The van der Waals surface area contributed by atoms with Gasteiger partial charge in [-0.3, -0.25) is 4.98 Å². The number of carbonyl (C=O) groups excluding carboxylic acids is 1.